The topological polar surface area (TPSA) is 96.4 Å². The van der Waals surface area contributed by atoms with E-state index in [2.05, 4.69) is 13.2 Å². The lowest BCUT2D eigenvalue weighted by Crippen LogP contribution is -2.56. The molecule has 5 atom stereocenters. The Morgan fingerprint density at radius 3 is 2.61 bits per heavy atom. The number of aliphatic hydroxyl groups excluding tert-OH is 1. The fraction of sp³-hybridized carbons (Fsp3) is 0.606. The maximum Gasteiger partial charge on any atom is 0.312 e. The number of ether oxygens (including phenoxy) is 2. The molecule has 2 bridgehead atoms. The van der Waals surface area contributed by atoms with Crippen molar-refractivity contribution in [3.8, 4) is 0 Å². The Kier molecular flexibility index (Phi) is 9.75. The summed E-state index contributed by atoms with van der Waals surface area (Å²) in [5.41, 5.74) is 0.819. The molecule has 0 aliphatic carbocycles. The Morgan fingerprint density at radius 2 is 1.93 bits per heavy atom. The van der Waals surface area contributed by atoms with Gasteiger partial charge in [0.25, 0.3) is 5.91 Å². The molecule has 0 radical (unpaired) electrons. The first-order chi connectivity index (χ1) is 19.7. The second-order valence-corrected chi connectivity index (χ2v) is 11.8. The van der Waals surface area contributed by atoms with Crippen molar-refractivity contribution in [2.45, 2.75) is 89.4 Å². The quantitative estimate of drug-likeness (QED) is 0.189. The van der Waals surface area contributed by atoms with Crippen molar-refractivity contribution in [1.29, 1.82) is 0 Å². The second-order valence-electron chi connectivity index (χ2n) is 11.8. The number of carbonyl (C=O) groups excluding carboxylic acids is 3. The number of unbranched alkanes of at least 4 members (excludes halogenated alkanes) is 3. The molecule has 3 aliphatic heterocycles. The SMILES string of the molecule is C=CCCOC(=O)[C@@H]1[C@H]2C(=O)N(CCCCCCO)C(C(=O)N(CC=C)c3cc(C)ccc3C)C23CC[C@@]1(CC)O3. The molecular formula is C33H46N2O6. The van der Waals surface area contributed by atoms with Crippen LogP contribution in [0.15, 0.2) is 43.5 Å². The highest BCUT2D eigenvalue weighted by Gasteiger charge is 2.79. The van der Waals surface area contributed by atoms with E-state index >= 15 is 0 Å². The van der Waals surface area contributed by atoms with Crippen molar-refractivity contribution in [1.82, 2.24) is 4.90 Å². The number of benzene rings is 1. The van der Waals surface area contributed by atoms with E-state index in [0.717, 1.165) is 29.7 Å². The fourth-order valence-electron chi connectivity index (χ4n) is 7.27. The van der Waals surface area contributed by atoms with Crippen molar-refractivity contribution >= 4 is 23.5 Å². The average Bonchev–Trinajstić information content (AvgIpc) is 3.56. The summed E-state index contributed by atoms with van der Waals surface area (Å²) in [4.78, 5) is 46.1. The van der Waals surface area contributed by atoms with Crippen molar-refractivity contribution in [2.24, 2.45) is 11.8 Å². The van der Waals surface area contributed by atoms with E-state index in [0.29, 0.717) is 45.1 Å². The van der Waals surface area contributed by atoms with E-state index in [1.165, 1.54) is 0 Å². The molecule has 0 saturated carbocycles. The molecule has 3 heterocycles. The molecule has 3 saturated heterocycles. The maximum absolute atomic E-state index is 14.7. The number of anilines is 1. The first kappa shape index (κ1) is 31.0. The first-order valence-corrected chi connectivity index (χ1v) is 15.1. The van der Waals surface area contributed by atoms with Crippen LogP contribution in [0.5, 0.6) is 0 Å². The lowest BCUT2D eigenvalue weighted by atomic mass is 9.65. The van der Waals surface area contributed by atoms with Gasteiger partial charge in [-0.15, -0.1) is 13.2 Å². The Balaban J connectivity index is 1.76. The Morgan fingerprint density at radius 1 is 1.17 bits per heavy atom. The molecule has 0 aromatic heterocycles. The number of hydrogen-bond acceptors (Lipinski definition) is 6. The molecule has 224 valence electrons. The molecule has 41 heavy (non-hydrogen) atoms. The monoisotopic (exact) mass is 566 g/mol. The summed E-state index contributed by atoms with van der Waals surface area (Å²) in [6, 6.07) is 5.13. The number of aryl methyl sites for hydroxylation is 2. The number of fused-ring (bicyclic) bond motifs is 1. The van der Waals surface area contributed by atoms with E-state index in [4.69, 9.17) is 9.47 Å². The van der Waals surface area contributed by atoms with Crippen molar-refractivity contribution < 1.29 is 29.0 Å². The molecule has 1 aromatic rings. The van der Waals surface area contributed by atoms with Crippen LogP contribution in [0.2, 0.25) is 0 Å². The predicted octanol–water partition coefficient (Wildman–Crippen LogP) is 4.65. The highest BCUT2D eigenvalue weighted by molar-refractivity contribution is 6.05. The number of aliphatic hydroxyl groups is 1. The zero-order valence-electron chi connectivity index (χ0n) is 24.9. The van der Waals surface area contributed by atoms with Gasteiger partial charge in [0, 0.05) is 25.4 Å². The van der Waals surface area contributed by atoms with Gasteiger partial charge in [0.2, 0.25) is 5.91 Å². The summed E-state index contributed by atoms with van der Waals surface area (Å²) >= 11 is 0. The minimum absolute atomic E-state index is 0.129. The van der Waals surface area contributed by atoms with Crippen LogP contribution in [0, 0.1) is 25.7 Å². The summed E-state index contributed by atoms with van der Waals surface area (Å²) in [6.45, 7) is 14.5. The molecule has 1 spiro atoms. The minimum atomic E-state index is -1.10. The van der Waals surface area contributed by atoms with Gasteiger partial charge < -0.3 is 24.4 Å². The molecule has 1 aromatic carbocycles. The Labute approximate surface area is 244 Å². The molecule has 4 rings (SSSR count). The third-order valence-corrected chi connectivity index (χ3v) is 9.28. The molecule has 8 nitrogen and oxygen atoms in total. The van der Waals surface area contributed by atoms with Gasteiger partial charge >= 0.3 is 5.97 Å². The Hall–Kier alpha value is -2.97. The van der Waals surface area contributed by atoms with E-state index in [-0.39, 0.29) is 31.6 Å². The van der Waals surface area contributed by atoms with Gasteiger partial charge in [-0.1, -0.05) is 44.1 Å². The van der Waals surface area contributed by atoms with Gasteiger partial charge in [-0.25, -0.2) is 0 Å². The first-order valence-electron chi connectivity index (χ1n) is 15.1. The van der Waals surface area contributed by atoms with Gasteiger partial charge in [0.1, 0.15) is 17.6 Å². The molecule has 2 amide bonds. The number of rotatable bonds is 15. The zero-order chi connectivity index (χ0) is 29.8. The standard InChI is InChI=1S/C33H46N2O6/c1-6-9-21-40-31(39)27-26-29(37)35(19-12-10-11-13-20-36)28(33(26)17-16-32(27,8-3)41-33)30(38)34(18-7-2)25-22-23(4)14-15-24(25)5/h6-7,14-15,22,26-28,36H,1-2,8-13,16-21H2,3-5H3/t26-,27-,28?,32+,33?/m0/s1. The maximum atomic E-state index is 14.7. The lowest BCUT2D eigenvalue weighted by Gasteiger charge is -2.37. The van der Waals surface area contributed by atoms with Gasteiger partial charge in [0.05, 0.1) is 18.1 Å². The number of amides is 2. The van der Waals surface area contributed by atoms with Crippen LogP contribution in [-0.2, 0) is 23.9 Å². The number of esters is 1. The normalized spacial score (nSPS) is 28.0. The third kappa shape index (κ3) is 5.48. The van der Waals surface area contributed by atoms with Crippen LogP contribution in [-0.4, -0.2) is 71.3 Å². The molecule has 3 fully saturated rings. The van der Waals surface area contributed by atoms with Crippen LogP contribution in [0.25, 0.3) is 0 Å². The predicted molar refractivity (Wildman–Crippen MR) is 158 cm³/mol. The van der Waals surface area contributed by atoms with E-state index < -0.39 is 35.0 Å². The van der Waals surface area contributed by atoms with Gasteiger partial charge in [0.15, 0.2) is 0 Å². The minimum Gasteiger partial charge on any atom is -0.465 e. The smallest absolute Gasteiger partial charge is 0.312 e. The summed E-state index contributed by atoms with van der Waals surface area (Å²) in [6.07, 6.45) is 8.63. The van der Waals surface area contributed by atoms with Gasteiger partial charge in [-0.2, -0.15) is 0 Å². The number of likely N-dealkylation sites (tertiary alicyclic amines) is 1. The van der Waals surface area contributed by atoms with Crippen molar-refractivity contribution in [3.05, 3.63) is 54.6 Å². The van der Waals surface area contributed by atoms with Crippen LogP contribution in [0.1, 0.15) is 69.4 Å². The number of hydrogen-bond donors (Lipinski definition) is 1. The molecule has 8 heteroatoms. The van der Waals surface area contributed by atoms with Gasteiger partial charge in [-0.05, 0) is 69.6 Å². The molecular weight excluding hydrogens is 520 g/mol. The highest BCUT2D eigenvalue weighted by atomic mass is 16.6. The lowest BCUT2D eigenvalue weighted by molar-refractivity contribution is -0.160. The second kappa shape index (κ2) is 12.9. The third-order valence-electron chi connectivity index (χ3n) is 9.28. The van der Waals surface area contributed by atoms with Gasteiger partial charge in [-0.3, -0.25) is 14.4 Å². The van der Waals surface area contributed by atoms with E-state index in [9.17, 15) is 19.5 Å². The Bertz CT molecular complexity index is 1170. The van der Waals surface area contributed by atoms with Crippen LogP contribution in [0.3, 0.4) is 0 Å². The largest absolute Gasteiger partial charge is 0.465 e. The van der Waals surface area contributed by atoms with Crippen molar-refractivity contribution in [3.63, 3.8) is 0 Å². The molecule has 3 aliphatic rings. The van der Waals surface area contributed by atoms with E-state index in [1.807, 2.05) is 39.0 Å². The summed E-state index contributed by atoms with van der Waals surface area (Å²) in [7, 11) is 0. The highest BCUT2D eigenvalue weighted by Crippen LogP contribution is 2.64. The average molecular weight is 567 g/mol. The summed E-state index contributed by atoms with van der Waals surface area (Å²) < 4.78 is 12.5. The van der Waals surface area contributed by atoms with E-state index in [1.54, 1.807) is 22.0 Å². The number of carbonyl (C=O) groups is 3. The summed E-state index contributed by atoms with van der Waals surface area (Å²) in [5, 5.41) is 9.19. The summed E-state index contributed by atoms with van der Waals surface area (Å²) in [5.74, 6) is -2.38. The fourth-order valence-corrected chi connectivity index (χ4v) is 7.27. The van der Waals surface area contributed by atoms with Crippen LogP contribution >= 0.6 is 0 Å². The molecule has 1 N–H and O–H groups in total. The number of nitrogens with zero attached hydrogens (tertiary/aromatic N) is 2. The zero-order valence-corrected chi connectivity index (χ0v) is 24.9. The van der Waals surface area contributed by atoms with Crippen LogP contribution < -0.4 is 4.90 Å². The van der Waals surface area contributed by atoms with Crippen LogP contribution in [0.4, 0.5) is 5.69 Å². The van der Waals surface area contributed by atoms with Crippen molar-refractivity contribution in [2.75, 3.05) is 31.2 Å². The molecule has 2 unspecified atom stereocenters.